The van der Waals surface area contributed by atoms with E-state index in [9.17, 15) is 9.59 Å². The zero-order chi connectivity index (χ0) is 14.1. The van der Waals surface area contributed by atoms with Crippen LogP contribution in [0.4, 0.5) is 4.79 Å². The lowest BCUT2D eigenvalue weighted by Crippen LogP contribution is -2.17. The SMILES string of the molecule is CCOc1cc2c(cc1/C=C1/SC(=O)NC1=O)CCC2. The van der Waals surface area contributed by atoms with E-state index in [1.165, 1.54) is 11.1 Å². The summed E-state index contributed by atoms with van der Waals surface area (Å²) in [6, 6.07) is 4.15. The van der Waals surface area contributed by atoms with Gasteiger partial charge in [0.15, 0.2) is 0 Å². The van der Waals surface area contributed by atoms with E-state index in [1.807, 2.05) is 6.92 Å². The van der Waals surface area contributed by atoms with Crippen LogP contribution in [-0.4, -0.2) is 17.8 Å². The summed E-state index contributed by atoms with van der Waals surface area (Å²) in [5, 5.41) is 1.95. The number of imide groups is 1. The monoisotopic (exact) mass is 289 g/mol. The molecule has 0 saturated carbocycles. The van der Waals surface area contributed by atoms with Crippen LogP contribution < -0.4 is 10.1 Å². The van der Waals surface area contributed by atoms with E-state index in [0.29, 0.717) is 11.5 Å². The number of hydrogen-bond donors (Lipinski definition) is 1. The average Bonchev–Trinajstić information content (AvgIpc) is 2.97. The Morgan fingerprint density at radius 3 is 2.70 bits per heavy atom. The minimum Gasteiger partial charge on any atom is -0.493 e. The van der Waals surface area contributed by atoms with Crippen molar-refractivity contribution in [2.75, 3.05) is 6.61 Å². The lowest BCUT2D eigenvalue weighted by Gasteiger charge is -2.10. The van der Waals surface area contributed by atoms with Gasteiger partial charge in [-0.05, 0) is 67.3 Å². The number of hydrogen-bond acceptors (Lipinski definition) is 4. The molecule has 3 rings (SSSR count). The second kappa shape index (κ2) is 5.32. The van der Waals surface area contributed by atoms with E-state index in [0.717, 1.165) is 42.3 Å². The molecule has 0 radical (unpaired) electrons. The number of ether oxygens (including phenoxy) is 1. The van der Waals surface area contributed by atoms with Gasteiger partial charge < -0.3 is 4.74 Å². The summed E-state index contributed by atoms with van der Waals surface area (Å²) >= 11 is 0.935. The van der Waals surface area contributed by atoms with Crippen LogP contribution in [0, 0.1) is 0 Å². The Bertz CT molecular complexity index is 622. The molecule has 2 amide bonds. The molecule has 1 saturated heterocycles. The first-order valence-corrected chi connectivity index (χ1v) is 7.52. The summed E-state index contributed by atoms with van der Waals surface area (Å²) < 4.78 is 5.66. The quantitative estimate of drug-likeness (QED) is 0.869. The lowest BCUT2D eigenvalue weighted by molar-refractivity contribution is -0.115. The van der Waals surface area contributed by atoms with E-state index < -0.39 is 0 Å². The van der Waals surface area contributed by atoms with Gasteiger partial charge in [0.25, 0.3) is 11.1 Å². The first-order chi connectivity index (χ1) is 9.67. The minimum atomic E-state index is -0.331. The Morgan fingerprint density at radius 2 is 2.05 bits per heavy atom. The molecular formula is C15H15NO3S. The van der Waals surface area contributed by atoms with Crippen LogP contribution in [-0.2, 0) is 17.6 Å². The van der Waals surface area contributed by atoms with Crippen LogP contribution >= 0.6 is 11.8 Å². The van der Waals surface area contributed by atoms with Crippen LogP contribution in [0.2, 0.25) is 0 Å². The largest absolute Gasteiger partial charge is 0.493 e. The van der Waals surface area contributed by atoms with Gasteiger partial charge in [-0.15, -0.1) is 0 Å². The Kier molecular flexibility index (Phi) is 3.53. The lowest BCUT2D eigenvalue weighted by atomic mass is 10.0. The number of benzene rings is 1. The molecule has 0 atom stereocenters. The maximum atomic E-state index is 11.6. The van der Waals surface area contributed by atoms with Crippen LogP contribution in [0.3, 0.4) is 0 Å². The van der Waals surface area contributed by atoms with Gasteiger partial charge in [-0.1, -0.05) is 0 Å². The van der Waals surface area contributed by atoms with Crippen molar-refractivity contribution in [3.05, 3.63) is 33.7 Å². The molecule has 0 aromatic heterocycles. The molecule has 1 aromatic rings. The minimum absolute atomic E-state index is 0.319. The van der Waals surface area contributed by atoms with Gasteiger partial charge in [0.2, 0.25) is 0 Å². The zero-order valence-electron chi connectivity index (χ0n) is 11.2. The summed E-state index contributed by atoms with van der Waals surface area (Å²) in [6.45, 7) is 2.51. The van der Waals surface area contributed by atoms with Crippen molar-refractivity contribution in [3.8, 4) is 5.75 Å². The molecule has 5 heteroatoms. The van der Waals surface area contributed by atoms with Crippen molar-refractivity contribution in [2.24, 2.45) is 0 Å². The first-order valence-electron chi connectivity index (χ1n) is 6.71. The van der Waals surface area contributed by atoms with Crippen molar-refractivity contribution in [3.63, 3.8) is 0 Å². The molecule has 1 fully saturated rings. The van der Waals surface area contributed by atoms with Crippen molar-refractivity contribution in [2.45, 2.75) is 26.2 Å². The van der Waals surface area contributed by atoms with E-state index in [2.05, 4.69) is 17.4 Å². The molecule has 2 aliphatic rings. The van der Waals surface area contributed by atoms with Crippen LogP contribution in [0.5, 0.6) is 5.75 Å². The molecule has 4 nitrogen and oxygen atoms in total. The number of aryl methyl sites for hydroxylation is 2. The summed E-state index contributed by atoms with van der Waals surface area (Å²) in [6.07, 6.45) is 5.05. The number of thioether (sulfide) groups is 1. The number of nitrogens with one attached hydrogen (secondary N) is 1. The molecule has 1 aliphatic heterocycles. The molecule has 1 N–H and O–H groups in total. The zero-order valence-corrected chi connectivity index (χ0v) is 12.0. The predicted molar refractivity (Wildman–Crippen MR) is 78.7 cm³/mol. The Labute approximate surface area is 121 Å². The predicted octanol–water partition coefficient (Wildman–Crippen LogP) is 2.90. The highest BCUT2D eigenvalue weighted by atomic mass is 32.2. The normalized spacial score (nSPS) is 19.4. The van der Waals surface area contributed by atoms with Gasteiger partial charge >= 0.3 is 0 Å². The number of amides is 2. The molecule has 104 valence electrons. The van der Waals surface area contributed by atoms with E-state index in [4.69, 9.17) is 4.74 Å². The second-order valence-corrected chi connectivity index (χ2v) is 5.81. The topological polar surface area (TPSA) is 55.4 Å². The maximum Gasteiger partial charge on any atom is 0.290 e. The fraction of sp³-hybridized carbons (Fsp3) is 0.333. The molecule has 1 aromatic carbocycles. The second-order valence-electron chi connectivity index (χ2n) is 4.80. The fourth-order valence-corrected chi connectivity index (χ4v) is 3.25. The van der Waals surface area contributed by atoms with Crippen molar-refractivity contribution >= 4 is 29.0 Å². The Hall–Kier alpha value is -1.75. The van der Waals surface area contributed by atoms with Gasteiger partial charge in [0, 0.05) is 5.56 Å². The third-order valence-electron chi connectivity index (χ3n) is 3.45. The first kappa shape index (κ1) is 13.2. The number of fused-ring (bicyclic) bond motifs is 1. The smallest absolute Gasteiger partial charge is 0.290 e. The van der Waals surface area contributed by atoms with Gasteiger partial charge in [0.1, 0.15) is 5.75 Å². The highest BCUT2D eigenvalue weighted by Crippen LogP contribution is 2.34. The van der Waals surface area contributed by atoms with E-state index in [1.54, 1.807) is 6.08 Å². The standard InChI is InChI=1S/C15H15NO3S/c1-2-19-12-7-10-5-3-4-9(10)6-11(12)8-13-14(17)16-15(18)20-13/h6-8H,2-5H2,1H3,(H,16,17,18)/b13-8+. The van der Waals surface area contributed by atoms with Crippen molar-refractivity contribution in [1.29, 1.82) is 0 Å². The fourth-order valence-electron chi connectivity index (χ4n) is 2.58. The molecule has 1 heterocycles. The van der Waals surface area contributed by atoms with Crippen LogP contribution in [0.15, 0.2) is 17.0 Å². The third kappa shape index (κ3) is 2.45. The van der Waals surface area contributed by atoms with E-state index in [-0.39, 0.29) is 11.1 Å². The van der Waals surface area contributed by atoms with Gasteiger partial charge in [-0.2, -0.15) is 0 Å². The molecule has 0 bridgehead atoms. The summed E-state index contributed by atoms with van der Waals surface area (Å²) in [5.74, 6) is 0.455. The Balaban J connectivity index is 2.01. The molecule has 1 aliphatic carbocycles. The number of carbonyl (C=O) groups is 2. The average molecular weight is 289 g/mol. The van der Waals surface area contributed by atoms with Crippen molar-refractivity contribution < 1.29 is 14.3 Å². The van der Waals surface area contributed by atoms with Gasteiger partial charge in [-0.3, -0.25) is 14.9 Å². The van der Waals surface area contributed by atoms with Crippen LogP contribution in [0.1, 0.15) is 30.0 Å². The molecular weight excluding hydrogens is 274 g/mol. The van der Waals surface area contributed by atoms with Crippen molar-refractivity contribution in [1.82, 2.24) is 5.32 Å². The highest BCUT2D eigenvalue weighted by molar-refractivity contribution is 8.18. The van der Waals surface area contributed by atoms with E-state index >= 15 is 0 Å². The van der Waals surface area contributed by atoms with Gasteiger partial charge in [-0.25, -0.2) is 0 Å². The molecule has 0 unspecified atom stereocenters. The summed E-state index contributed by atoms with van der Waals surface area (Å²) in [5.41, 5.74) is 3.52. The third-order valence-corrected chi connectivity index (χ3v) is 4.26. The number of rotatable bonds is 3. The number of carbonyl (C=O) groups excluding carboxylic acids is 2. The van der Waals surface area contributed by atoms with Crippen LogP contribution in [0.25, 0.3) is 6.08 Å². The Morgan fingerprint density at radius 1 is 1.30 bits per heavy atom. The summed E-state index contributed by atoms with van der Waals surface area (Å²) in [4.78, 5) is 23.3. The molecule has 20 heavy (non-hydrogen) atoms. The highest BCUT2D eigenvalue weighted by Gasteiger charge is 2.26. The molecule has 0 spiro atoms. The van der Waals surface area contributed by atoms with Gasteiger partial charge in [0.05, 0.1) is 11.5 Å². The maximum absolute atomic E-state index is 11.6. The summed E-state index contributed by atoms with van der Waals surface area (Å²) in [7, 11) is 0.